The molecule has 13 aromatic rings. The van der Waals surface area contributed by atoms with E-state index in [1.165, 1.54) is 0 Å². The van der Waals surface area contributed by atoms with Crippen molar-refractivity contribution in [3.63, 3.8) is 0 Å². The summed E-state index contributed by atoms with van der Waals surface area (Å²) in [6.45, 7) is 0. The highest BCUT2D eigenvalue weighted by Gasteiger charge is 2.22. The number of thiophene rings is 1. The lowest BCUT2D eigenvalue weighted by molar-refractivity contribution is 0.670. The van der Waals surface area contributed by atoms with Crippen LogP contribution in [-0.4, -0.2) is 19.5 Å². The van der Waals surface area contributed by atoms with E-state index in [-0.39, 0.29) is 41.1 Å². The molecule has 5 nitrogen and oxygen atoms in total. The van der Waals surface area contributed by atoms with Gasteiger partial charge in [0.1, 0.15) is 11.2 Å². The molecule has 63 heavy (non-hydrogen) atoms. The van der Waals surface area contributed by atoms with Crippen molar-refractivity contribution in [2.24, 2.45) is 0 Å². The molecule has 4 heterocycles. The minimum absolute atomic E-state index is 0.0300. The molecule has 0 radical (unpaired) electrons. The van der Waals surface area contributed by atoms with Gasteiger partial charge in [0.25, 0.3) is 0 Å². The van der Waals surface area contributed by atoms with Crippen LogP contribution in [0.25, 0.3) is 126 Å². The highest BCUT2D eigenvalue weighted by molar-refractivity contribution is 7.26. The highest BCUT2D eigenvalue weighted by atomic mass is 32.1. The predicted molar refractivity (Wildman–Crippen MR) is 262 cm³/mol. The molecular weight excluding hydrogens is 789 g/mol. The summed E-state index contributed by atoms with van der Waals surface area (Å²) in [5, 5.41) is 6.14. The van der Waals surface area contributed by atoms with Gasteiger partial charge < -0.3 is 8.98 Å². The molecule has 0 unspecified atom stereocenters. The highest BCUT2D eigenvalue weighted by Crippen LogP contribution is 2.46. The van der Waals surface area contributed by atoms with E-state index in [0.717, 1.165) is 80.7 Å². The average molecular weight is 827 g/mol. The largest absolute Gasteiger partial charge is 0.455 e. The molecule has 9 aromatic carbocycles. The van der Waals surface area contributed by atoms with Crippen molar-refractivity contribution >= 4 is 75.3 Å². The summed E-state index contributed by atoms with van der Waals surface area (Å²) in [5.74, 6) is 0.765. The maximum Gasteiger partial charge on any atom is 0.165 e. The van der Waals surface area contributed by atoms with E-state index in [2.05, 4.69) is 108 Å². The van der Waals surface area contributed by atoms with Gasteiger partial charge in [-0.3, -0.25) is 0 Å². The minimum atomic E-state index is -0.342. The van der Waals surface area contributed by atoms with Crippen LogP contribution in [0.4, 0.5) is 0 Å². The van der Waals surface area contributed by atoms with Crippen molar-refractivity contribution in [1.82, 2.24) is 19.5 Å². The number of fused-ring (bicyclic) bond motifs is 9. The molecule has 0 saturated heterocycles. The van der Waals surface area contributed by atoms with E-state index in [0.29, 0.717) is 28.4 Å². The standard InChI is InChI=1S/C57H34N4OS/c1-3-16-35(17-4-1)41-26-15-28-46-47-33-39(61-49-29-10-7-22-42(49)43-23-8-11-30-50(43)61)34-48(54(47)63-53(41)46)57-59-55(36-18-5-2-6-19-36)58-56(60-57)38-21-13-20-37(32-38)40-25-14-27-45-44-24-9-12-31-51(44)62-52(40)45/h1-34H/i13D,20D,21D,32D. The molecule has 0 fully saturated rings. The van der Waals surface area contributed by atoms with Gasteiger partial charge in [-0.25, -0.2) is 15.0 Å². The van der Waals surface area contributed by atoms with Crippen molar-refractivity contribution in [3.05, 3.63) is 206 Å². The molecule has 0 N–H and O–H groups in total. The number of para-hydroxylation sites is 4. The number of rotatable bonds is 6. The first-order valence-electron chi connectivity index (χ1n) is 22.8. The molecule has 6 heteroatoms. The van der Waals surface area contributed by atoms with Crippen LogP contribution in [0.3, 0.4) is 0 Å². The molecule has 13 rings (SSSR count). The Labute approximate surface area is 371 Å². The Bertz CT molecular complexity index is 4110. The molecular formula is C57H34N4OS. The number of benzene rings is 9. The van der Waals surface area contributed by atoms with Gasteiger partial charge in [0.2, 0.25) is 0 Å². The van der Waals surface area contributed by atoms with Crippen molar-refractivity contribution in [2.45, 2.75) is 0 Å². The van der Waals surface area contributed by atoms with Crippen molar-refractivity contribution in [1.29, 1.82) is 0 Å². The molecule has 0 aliphatic heterocycles. The summed E-state index contributed by atoms with van der Waals surface area (Å²) in [5.41, 5.74) is 8.59. The molecule has 0 amide bonds. The Kier molecular flexibility index (Phi) is 7.13. The van der Waals surface area contributed by atoms with Crippen molar-refractivity contribution in [3.8, 4) is 62.1 Å². The second-order valence-corrected chi connectivity index (χ2v) is 16.6. The monoisotopic (exact) mass is 826 g/mol. The van der Waals surface area contributed by atoms with Crippen molar-refractivity contribution in [2.75, 3.05) is 0 Å². The zero-order valence-electron chi connectivity index (χ0n) is 37.4. The molecule has 0 aliphatic carbocycles. The third-order valence-corrected chi connectivity index (χ3v) is 13.2. The molecule has 0 atom stereocenters. The SMILES string of the molecule is [2H]c1c([2H])c(-c2nc(-c3ccccc3)nc(-c3cc(-n4c5ccccc5c5ccccc54)cc4c3sc3c(-c5ccccc5)cccc34)n2)c([2H])c(-c2cccc3c2oc2ccccc23)c1[2H]. The number of nitrogens with zero attached hydrogens (tertiary/aromatic N) is 4. The number of aromatic nitrogens is 4. The third kappa shape index (κ3) is 5.73. The van der Waals surface area contributed by atoms with Crippen LogP contribution >= 0.6 is 11.3 Å². The number of hydrogen-bond acceptors (Lipinski definition) is 5. The summed E-state index contributed by atoms with van der Waals surface area (Å²) in [7, 11) is 0. The zero-order valence-corrected chi connectivity index (χ0v) is 34.2. The van der Waals surface area contributed by atoms with E-state index in [1.54, 1.807) is 17.4 Å². The van der Waals surface area contributed by atoms with Crippen molar-refractivity contribution < 1.29 is 9.90 Å². The van der Waals surface area contributed by atoms with Crippen LogP contribution in [0.2, 0.25) is 0 Å². The summed E-state index contributed by atoms with van der Waals surface area (Å²) >= 11 is 1.69. The normalized spacial score (nSPS) is 12.7. The number of hydrogen-bond donors (Lipinski definition) is 0. The van der Waals surface area contributed by atoms with E-state index >= 15 is 0 Å². The molecule has 0 spiro atoms. The van der Waals surface area contributed by atoms with Crippen LogP contribution in [0.1, 0.15) is 5.48 Å². The molecule has 4 aromatic heterocycles. The van der Waals surface area contributed by atoms with Gasteiger partial charge in [-0.2, -0.15) is 0 Å². The Morgan fingerprint density at radius 2 is 1.00 bits per heavy atom. The lowest BCUT2D eigenvalue weighted by Crippen LogP contribution is -2.01. The fourth-order valence-electron chi connectivity index (χ4n) is 9.08. The first-order chi connectivity index (χ1) is 32.9. The van der Waals surface area contributed by atoms with Crippen LogP contribution in [-0.2, 0) is 0 Å². The second-order valence-electron chi connectivity index (χ2n) is 15.6. The molecule has 0 bridgehead atoms. The van der Waals surface area contributed by atoms with Gasteiger partial charge in [-0.05, 0) is 53.1 Å². The molecule has 0 aliphatic rings. The van der Waals surface area contributed by atoms with Gasteiger partial charge in [0.05, 0.1) is 16.5 Å². The Hall–Kier alpha value is -8.19. The fourth-order valence-corrected chi connectivity index (χ4v) is 10.4. The molecule has 294 valence electrons. The summed E-state index contributed by atoms with van der Waals surface area (Å²) < 4.78 is 48.5. The lowest BCUT2D eigenvalue weighted by atomic mass is 10.00. The minimum Gasteiger partial charge on any atom is -0.455 e. The molecule has 0 saturated carbocycles. The van der Waals surface area contributed by atoms with Crippen LogP contribution in [0.5, 0.6) is 0 Å². The maximum atomic E-state index is 9.88. The van der Waals surface area contributed by atoms with Gasteiger partial charge in [-0.1, -0.05) is 170 Å². The van der Waals surface area contributed by atoms with E-state index in [9.17, 15) is 5.48 Å². The fraction of sp³-hybridized carbons (Fsp3) is 0. The summed E-state index contributed by atoms with van der Waals surface area (Å²) in [6, 6.07) is 60.1. The van der Waals surface area contributed by atoms with Gasteiger partial charge in [0, 0.05) is 69.7 Å². The summed E-state index contributed by atoms with van der Waals surface area (Å²) in [6.07, 6.45) is 0. The Morgan fingerprint density at radius 3 is 1.76 bits per heavy atom. The topological polar surface area (TPSA) is 56.7 Å². The van der Waals surface area contributed by atoms with E-state index in [1.807, 2.05) is 72.8 Å². The van der Waals surface area contributed by atoms with Gasteiger partial charge in [0.15, 0.2) is 17.5 Å². The Morgan fingerprint density at radius 1 is 0.429 bits per heavy atom. The van der Waals surface area contributed by atoms with Crippen LogP contribution < -0.4 is 0 Å². The smallest absolute Gasteiger partial charge is 0.165 e. The number of furan rings is 1. The van der Waals surface area contributed by atoms with E-state index < -0.39 is 0 Å². The third-order valence-electron chi connectivity index (χ3n) is 11.9. The summed E-state index contributed by atoms with van der Waals surface area (Å²) in [4.78, 5) is 15.5. The Balaban J connectivity index is 1.12. The predicted octanol–water partition coefficient (Wildman–Crippen LogP) is 15.6. The van der Waals surface area contributed by atoms with E-state index in [4.69, 9.17) is 19.4 Å². The lowest BCUT2D eigenvalue weighted by Gasteiger charge is -2.13. The first kappa shape index (κ1) is 31.7. The maximum absolute atomic E-state index is 9.88. The quantitative estimate of drug-likeness (QED) is 0.168. The second kappa shape index (κ2) is 14.2. The first-order valence-corrected chi connectivity index (χ1v) is 21.6. The zero-order chi connectivity index (χ0) is 44.9. The van der Waals surface area contributed by atoms with Gasteiger partial charge in [-0.15, -0.1) is 11.3 Å². The van der Waals surface area contributed by atoms with Gasteiger partial charge >= 0.3 is 0 Å². The van der Waals surface area contributed by atoms with Crippen LogP contribution in [0.15, 0.2) is 211 Å². The average Bonchev–Trinajstić information content (AvgIpc) is 4.06. The van der Waals surface area contributed by atoms with Crippen LogP contribution in [0, 0.1) is 0 Å².